The highest BCUT2D eigenvalue weighted by atomic mass is 35.5. The van der Waals surface area contributed by atoms with Gasteiger partial charge in [-0.3, -0.25) is 0 Å². The largest absolute Gasteiger partial charge is 0.489 e. The number of nitrogens with zero attached hydrogens (tertiary/aromatic N) is 1. The van der Waals surface area contributed by atoms with Crippen molar-refractivity contribution in [2.45, 2.75) is 12.4 Å². The summed E-state index contributed by atoms with van der Waals surface area (Å²) in [6.45, 7) is -0.305. The Hall–Kier alpha value is -1.91. The lowest BCUT2D eigenvalue weighted by Crippen LogP contribution is -2.13. The van der Waals surface area contributed by atoms with Crippen LogP contribution in [-0.4, -0.2) is 11.6 Å². The summed E-state index contributed by atoms with van der Waals surface area (Å²) >= 11 is 16.8. The van der Waals surface area contributed by atoms with Crippen LogP contribution in [0.1, 0.15) is 11.1 Å². The van der Waals surface area contributed by atoms with Gasteiger partial charge in [0.1, 0.15) is 17.9 Å². The SMILES string of the molecule is FC(Cl)=CCOc1cc(Cl)c(Oc2ncc(C(F)(F)F)cc2C(F)(F)F)c(Cl)c1. The van der Waals surface area contributed by atoms with E-state index >= 15 is 0 Å². The van der Waals surface area contributed by atoms with Crippen molar-refractivity contribution < 1.29 is 40.2 Å². The Balaban J connectivity index is 2.39. The standard InChI is InChI=1S/C16H7Cl3F7NO2/c17-10-4-8(28-2-1-12(19)20)5-11(18)13(10)29-14-9(16(24,25)26)3-7(6-27-14)15(21,22)23/h1,3-6H,2H2. The normalized spacial score (nSPS) is 12.8. The first-order valence-corrected chi connectivity index (χ1v) is 8.37. The molecule has 0 spiro atoms. The average molecular weight is 485 g/mol. The highest BCUT2D eigenvalue weighted by molar-refractivity contribution is 6.37. The second-order valence-corrected chi connectivity index (χ2v) is 6.37. The molecule has 0 fully saturated rings. The number of alkyl halides is 6. The summed E-state index contributed by atoms with van der Waals surface area (Å²) < 4.78 is 100. The molecule has 1 heterocycles. The fourth-order valence-electron chi connectivity index (χ4n) is 1.91. The van der Waals surface area contributed by atoms with E-state index in [0.29, 0.717) is 0 Å². The molecule has 0 N–H and O–H groups in total. The number of ether oxygens (including phenoxy) is 2. The summed E-state index contributed by atoms with van der Waals surface area (Å²) in [7, 11) is 0. The van der Waals surface area contributed by atoms with Crippen molar-refractivity contribution in [1.82, 2.24) is 4.98 Å². The average Bonchev–Trinajstić information content (AvgIpc) is 2.56. The minimum atomic E-state index is -5.20. The Kier molecular flexibility index (Phi) is 7.13. The lowest BCUT2D eigenvalue weighted by Gasteiger charge is -2.16. The molecule has 0 aliphatic rings. The highest BCUT2D eigenvalue weighted by Gasteiger charge is 2.40. The fraction of sp³-hybridized carbons (Fsp3) is 0.188. The van der Waals surface area contributed by atoms with Gasteiger partial charge in [0.15, 0.2) is 11.0 Å². The zero-order chi connectivity index (χ0) is 22.0. The molecule has 3 nitrogen and oxygen atoms in total. The lowest BCUT2D eigenvalue weighted by atomic mass is 10.2. The minimum absolute atomic E-state index is 0.00191. The van der Waals surface area contributed by atoms with Crippen molar-refractivity contribution in [1.29, 1.82) is 0 Å². The molecule has 0 amide bonds. The molecule has 158 valence electrons. The molecular formula is C16H7Cl3F7NO2. The molecule has 2 rings (SSSR count). The fourth-order valence-corrected chi connectivity index (χ4v) is 2.51. The van der Waals surface area contributed by atoms with Gasteiger partial charge in [-0.25, -0.2) is 4.98 Å². The van der Waals surface area contributed by atoms with Gasteiger partial charge in [0, 0.05) is 24.4 Å². The van der Waals surface area contributed by atoms with Gasteiger partial charge in [-0.05, 0) is 6.07 Å². The number of halogens is 10. The third kappa shape index (κ3) is 6.28. The maximum Gasteiger partial charge on any atom is 0.421 e. The Morgan fingerprint density at radius 1 is 1.00 bits per heavy atom. The van der Waals surface area contributed by atoms with Gasteiger partial charge < -0.3 is 9.47 Å². The monoisotopic (exact) mass is 483 g/mol. The number of aromatic nitrogens is 1. The number of benzene rings is 1. The van der Waals surface area contributed by atoms with Crippen molar-refractivity contribution in [3.8, 4) is 17.4 Å². The van der Waals surface area contributed by atoms with Crippen molar-refractivity contribution in [2.24, 2.45) is 0 Å². The summed E-state index contributed by atoms with van der Waals surface area (Å²) in [5, 5.41) is -1.70. The van der Waals surface area contributed by atoms with Crippen molar-refractivity contribution >= 4 is 34.8 Å². The molecule has 1 aromatic heterocycles. The second-order valence-electron chi connectivity index (χ2n) is 5.20. The molecule has 0 unspecified atom stereocenters. The van der Waals surface area contributed by atoms with Crippen molar-refractivity contribution in [3.63, 3.8) is 0 Å². The Bertz CT molecular complexity index is 903. The van der Waals surface area contributed by atoms with Gasteiger partial charge in [-0.2, -0.15) is 30.7 Å². The van der Waals surface area contributed by atoms with E-state index in [1.165, 1.54) is 0 Å². The Morgan fingerprint density at radius 2 is 1.59 bits per heavy atom. The van der Waals surface area contributed by atoms with E-state index in [1.54, 1.807) is 0 Å². The quantitative estimate of drug-likeness (QED) is 0.409. The van der Waals surface area contributed by atoms with Crippen LogP contribution in [-0.2, 0) is 12.4 Å². The number of pyridine rings is 1. The second kappa shape index (κ2) is 8.85. The van der Waals surface area contributed by atoms with Gasteiger partial charge in [0.2, 0.25) is 5.88 Å². The molecule has 0 aliphatic heterocycles. The molecule has 0 saturated carbocycles. The van der Waals surface area contributed by atoms with Crippen molar-refractivity contribution in [2.75, 3.05) is 6.61 Å². The van der Waals surface area contributed by atoms with Crippen LogP contribution < -0.4 is 9.47 Å². The van der Waals surface area contributed by atoms with Crippen LogP contribution in [0.2, 0.25) is 10.0 Å². The summed E-state index contributed by atoms with van der Waals surface area (Å²) in [6, 6.07) is 2.02. The Labute approximate surface area is 173 Å². The first kappa shape index (κ1) is 23.4. The van der Waals surface area contributed by atoms with Crippen LogP contribution in [0.3, 0.4) is 0 Å². The van der Waals surface area contributed by atoms with Crippen LogP contribution in [0, 0.1) is 0 Å². The van der Waals surface area contributed by atoms with E-state index in [4.69, 9.17) is 44.3 Å². The minimum Gasteiger partial charge on any atom is -0.489 e. The molecule has 0 saturated heterocycles. The maximum absolute atomic E-state index is 13.2. The number of hydrogen-bond acceptors (Lipinski definition) is 3. The van der Waals surface area contributed by atoms with Gasteiger partial charge >= 0.3 is 12.4 Å². The number of hydrogen-bond donors (Lipinski definition) is 0. The number of rotatable bonds is 5. The van der Waals surface area contributed by atoms with E-state index < -0.39 is 40.4 Å². The molecule has 0 radical (unpaired) electrons. The highest BCUT2D eigenvalue weighted by Crippen LogP contribution is 2.44. The van der Waals surface area contributed by atoms with Gasteiger partial charge in [0.25, 0.3) is 0 Å². The summed E-state index contributed by atoms with van der Waals surface area (Å²) in [6.07, 6.45) is -9.20. The molecular weight excluding hydrogens is 478 g/mol. The predicted octanol–water partition coefficient (Wildman–Crippen LogP) is 7.65. The summed E-state index contributed by atoms with van der Waals surface area (Å²) in [4.78, 5) is 3.11. The van der Waals surface area contributed by atoms with Crippen LogP contribution in [0.25, 0.3) is 0 Å². The lowest BCUT2D eigenvalue weighted by molar-refractivity contribution is -0.144. The predicted molar refractivity (Wildman–Crippen MR) is 91.3 cm³/mol. The van der Waals surface area contributed by atoms with Gasteiger partial charge in [0.05, 0.1) is 15.6 Å². The smallest absolute Gasteiger partial charge is 0.421 e. The third-order valence-electron chi connectivity index (χ3n) is 3.14. The zero-order valence-corrected chi connectivity index (χ0v) is 15.9. The molecule has 1 aromatic carbocycles. The Morgan fingerprint density at radius 3 is 2.07 bits per heavy atom. The van der Waals surface area contributed by atoms with E-state index in [0.717, 1.165) is 18.2 Å². The van der Waals surface area contributed by atoms with Crippen molar-refractivity contribution in [3.05, 3.63) is 56.9 Å². The first-order valence-electron chi connectivity index (χ1n) is 7.24. The van der Waals surface area contributed by atoms with Crippen LogP contribution in [0.5, 0.6) is 17.4 Å². The van der Waals surface area contributed by atoms with E-state index in [9.17, 15) is 30.7 Å². The zero-order valence-electron chi connectivity index (χ0n) is 13.6. The van der Waals surface area contributed by atoms with E-state index in [-0.39, 0.29) is 34.7 Å². The third-order valence-corrected chi connectivity index (χ3v) is 3.86. The first-order chi connectivity index (χ1) is 13.3. The molecule has 0 atom stereocenters. The molecule has 2 aromatic rings. The van der Waals surface area contributed by atoms with Gasteiger partial charge in [-0.1, -0.05) is 34.8 Å². The van der Waals surface area contributed by atoms with Crippen LogP contribution in [0.4, 0.5) is 30.7 Å². The molecule has 0 aliphatic carbocycles. The molecule has 13 heteroatoms. The molecule has 0 bridgehead atoms. The summed E-state index contributed by atoms with van der Waals surface area (Å²) in [5.74, 6) is -1.69. The topological polar surface area (TPSA) is 31.4 Å². The van der Waals surface area contributed by atoms with E-state index in [2.05, 4.69) is 4.98 Å². The summed E-state index contributed by atoms with van der Waals surface area (Å²) in [5.41, 5.74) is -3.39. The van der Waals surface area contributed by atoms with Crippen LogP contribution >= 0.6 is 34.8 Å². The van der Waals surface area contributed by atoms with Gasteiger partial charge in [-0.15, -0.1) is 0 Å². The maximum atomic E-state index is 13.2. The van der Waals surface area contributed by atoms with Crippen LogP contribution in [0.15, 0.2) is 35.8 Å². The van der Waals surface area contributed by atoms with E-state index in [1.807, 2.05) is 0 Å². The molecule has 29 heavy (non-hydrogen) atoms.